The van der Waals surface area contributed by atoms with E-state index in [4.69, 9.17) is 21.3 Å². The highest BCUT2D eigenvalue weighted by Crippen LogP contribution is 2.39. The second kappa shape index (κ2) is 8.74. The molecule has 1 N–H and O–H groups in total. The number of piperidine rings is 1. The molecular formula is C29H34ClN3O2. The number of hydrogen-bond acceptors (Lipinski definition) is 4. The Balaban J connectivity index is 1.60. The van der Waals surface area contributed by atoms with Crippen molar-refractivity contribution in [3.8, 4) is 0 Å². The number of ether oxygens (including phenoxy) is 1. The summed E-state index contributed by atoms with van der Waals surface area (Å²) in [6, 6.07) is 6.36. The Bertz CT molecular complexity index is 1440. The van der Waals surface area contributed by atoms with Gasteiger partial charge in [0.1, 0.15) is 0 Å². The van der Waals surface area contributed by atoms with Crippen molar-refractivity contribution in [1.82, 2.24) is 14.3 Å². The van der Waals surface area contributed by atoms with Crippen LogP contribution >= 0.6 is 11.6 Å². The van der Waals surface area contributed by atoms with E-state index in [-0.39, 0.29) is 0 Å². The van der Waals surface area contributed by atoms with Crippen molar-refractivity contribution in [1.29, 1.82) is 0 Å². The van der Waals surface area contributed by atoms with Crippen LogP contribution in [0.15, 0.2) is 30.6 Å². The minimum absolute atomic E-state index is 0.519. The molecule has 0 amide bonds. The van der Waals surface area contributed by atoms with E-state index in [0.717, 1.165) is 63.8 Å². The molecule has 1 saturated heterocycles. The van der Waals surface area contributed by atoms with Crippen molar-refractivity contribution in [3.05, 3.63) is 57.9 Å². The van der Waals surface area contributed by atoms with Gasteiger partial charge in [0.25, 0.3) is 0 Å². The molecule has 1 fully saturated rings. The first kappa shape index (κ1) is 23.2. The first-order chi connectivity index (χ1) is 16.9. The lowest BCUT2D eigenvalue weighted by Crippen LogP contribution is -2.32. The zero-order valence-corrected chi connectivity index (χ0v) is 21.7. The fraction of sp³-hybridized carbons (Fsp3) is 0.483. The first-order valence-electron chi connectivity index (χ1n) is 13.0. The van der Waals surface area contributed by atoms with Crippen LogP contribution in [0.3, 0.4) is 0 Å². The van der Waals surface area contributed by atoms with Crippen molar-refractivity contribution in [2.75, 3.05) is 19.7 Å². The van der Waals surface area contributed by atoms with Gasteiger partial charge < -0.3 is 14.2 Å². The number of likely N-dealkylation sites (tertiary alicyclic amines) is 1. The average molecular weight is 492 g/mol. The van der Waals surface area contributed by atoms with Gasteiger partial charge in [-0.25, -0.2) is 4.98 Å². The maximum atomic E-state index is 11.5. The highest BCUT2D eigenvalue weighted by molar-refractivity contribution is 6.32. The lowest BCUT2D eigenvalue weighted by Gasteiger charge is -2.30. The maximum absolute atomic E-state index is 11.5. The number of nitrogens with zero attached hydrogens (tertiary/aromatic N) is 3. The largest absolute Gasteiger partial charge is 0.385 e. The van der Waals surface area contributed by atoms with Crippen LogP contribution in [0.2, 0.25) is 5.02 Å². The summed E-state index contributed by atoms with van der Waals surface area (Å²) in [5.41, 5.74) is 6.48. The minimum Gasteiger partial charge on any atom is -0.385 e. The van der Waals surface area contributed by atoms with Crippen molar-refractivity contribution >= 4 is 38.9 Å². The molecule has 5 heterocycles. The molecule has 1 unspecified atom stereocenters. The van der Waals surface area contributed by atoms with E-state index in [1.54, 1.807) is 0 Å². The molecule has 6 rings (SSSR count). The third-order valence-corrected chi connectivity index (χ3v) is 8.79. The predicted octanol–water partition coefficient (Wildman–Crippen LogP) is 6.35. The summed E-state index contributed by atoms with van der Waals surface area (Å²) in [7, 11) is 0. The minimum atomic E-state index is -0.880. The SMILES string of the molecule is CCC1(O)CCOCc2cn3cc4c(CN5CCC(C)CC5)c5cc(C)c(Cl)cc5nc4c3cc21. The van der Waals surface area contributed by atoms with Gasteiger partial charge in [-0.3, -0.25) is 4.90 Å². The average Bonchev–Trinajstić information content (AvgIpc) is 3.11. The van der Waals surface area contributed by atoms with Crippen molar-refractivity contribution < 1.29 is 9.84 Å². The summed E-state index contributed by atoms with van der Waals surface area (Å²) < 4.78 is 8.03. The predicted molar refractivity (Wildman–Crippen MR) is 142 cm³/mol. The van der Waals surface area contributed by atoms with Crippen molar-refractivity contribution in [3.63, 3.8) is 0 Å². The van der Waals surface area contributed by atoms with Crippen molar-refractivity contribution in [2.24, 2.45) is 5.92 Å². The molecule has 35 heavy (non-hydrogen) atoms. The summed E-state index contributed by atoms with van der Waals surface area (Å²) >= 11 is 6.56. The molecule has 2 aliphatic heterocycles. The fourth-order valence-corrected chi connectivity index (χ4v) is 6.10. The molecule has 6 heteroatoms. The van der Waals surface area contributed by atoms with Gasteiger partial charge in [-0.15, -0.1) is 0 Å². The quantitative estimate of drug-likeness (QED) is 0.362. The second-order valence-electron chi connectivity index (χ2n) is 10.8. The number of aliphatic hydroxyl groups is 1. The molecule has 3 aromatic heterocycles. The summed E-state index contributed by atoms with van der Waals surface area (Å²) in [5, 5.41) is 14.6. The Kier molecular flexibility index (Phi) is 5.80. The highest BCUT2D eigenvalue weighted by Gasteiger charge is 2.32. The third kappa shape index (κ3) is 3.93. The molecule has 0 spiro atoms. The van der Waals surface area contributed by atoms with E-state index in [1.807, 2.05) is 13.0 Å². The van der Waals surface area contributed by atoms with Gasteiger partial charge in [-0.05, 0) is 80.1 Å². The third-order valence-electron chi connectivity index (χ3n) is 8.39. The molecule has 1 aromatic carbocycles. The molecule has 1 atom stereocenters. The number of hydrogen-bond donors (Lipinski definition) is 1. The van der Waals surface area contributed by atoms with Crippen molar-refractivity contribution in [2.45, 2.75) is 65.2 Å². The van der Waals surface area contributed by atoms with Gasteiger partial charge in [0, 0.05) is 46.7 Å². The standard InChI is InChI=1S/C29H34ClN3O2/c1-4-29(34)7-10-35-17-20-14-33-16-23-22(15-32-8-5-18(2)6-9-32)21-11-19(3)25(30)13-26(21)31-28(23)27(33)12-24(20)29/h11-14,16,18,34H,4-10,15,17H2,1-3H3. The Morgan fingerprint density at radius 1 is 1.17 bits per heavy atom. The molecular weight excluding hydrogens is 458 g/mol. The van der Waals surface area contributed by atoms with Gasteiger partial charge >= 0.3 is 0 Å². The summed E-state index contributed by atoms with van der Waals surface area (Å²) in [6.45, 7) is 10.7. The number of halogens is 1. The Morgan fingerprint density at radius 3 is 2.74 bits per heavy atom. The Morgan fingerprint density at radius 2 is 1.97 bits per heavy atom. The highest BCUT2D eigenvalue weighted by atomic mass is 35.5. The van der Waals surface area contributed by atoms with E-state index in [0.29, 0.717) is 26.1 Å². The fourth-order valence-electron chi connectivity index (χ4n) is 5.94. The number of aromatic nitrogens is 2. The van der Waals surface area contributed by atoms with Crippen LogP contribution in [0.1, 0.15) is 61.8 Å². The summed E-state index contributed by atoms with van der Waals surface area (Å²) in [5.74, 6) is 0.800. The van der Waals surface area contributed by atoms with Crippen LogP contribution < -0.4 is 0 Å². The van der Waals surface area contributed by atoms with E-state index >= 15 is 0 Å². The van der Waals surface area contributed by atoms with E-state index in [2.05, 4.69) is 47.7 Å². The van der Waals surface area contributed by atoms with Crippen LogP contribution in [-0.4, -0.2) is 39.1 Å². The van der Waals surface area contributed by atoms with Gasteiger partial charge in [-0.1, -0.05) is 25.4 Å². The zero-order valence-electron chi connectivity index (χ0n) is 20.9. The van der Waals surface area contributed by atoms with Gasteiger partial charge in [0.2, 0.25) is 0 Å². The number of rotatable bonds is 3. The molecule has 0 aliphatic carbocycles. The number of aryl methyl sites for hydroxylation is 1. The second-order valence-corrected chi connectivity index (χ2v) is 11.2. The molecule has 0 bridgehead atoms. The summed E-state index contributed by atoms with van der Waals surface area (Å²) in [4.78, 5) is 7.73. The monoisotopic (exact) mass is 491 g/mol. The molecule has 5 nitrogen and oxygen atoms in total. The lowest BCUT2D eigenvalue weighted by molar-refractivity contribution is 0.00232. The van der Waals surface area contributed by atoms with E-state index in [9.17, 15) is 5.11 Å². The van der Waals surface area contributed by atoms with Crippen LogP contribution in [0, 0.1) is 12.8 Å². The van der Waals surface area contributed by atoms with Crippen LogP contribution in [0.4, 0.5) is 0 Å². The number of benzene rings is 1. The normalized spacial score (nSPS) is 22.2. The van der Waals surface area contributed by atoms with E-state index < -0.39 is 5.60 Å². The van der Waals surface area contributed by atoms with Crippen LogP contribution in [-0.2, 0) is 23.5 Å². The van der Waals surface area contributed by atoms with Gasteiger partial charge in [0.15, 0.2) is 0 Å². The molecule has 184 valence electrons. The van der Waals surface area contributed by atoms with Gasteiger partial charge in [-0.2, -0.15) is 0 Å². The van der Waals surface area contributed by atoms with E-state index in [1.165, 1.54) is 29.2 Å². The van der Waals surface area contributed by atoms with Crippen LogP contribution in [0.5, 0.6) is 0 Å². The lowest BCUT2D eigenvalue weighted by atomic mass is 9.86. The molecule has 0 saturated carbocycles. The summed E-state index contributed by atoms with van der Waals surface area (Å²) in [6.07, 6.45) is 8.11. The van der Waals surface area contributed by atoms with Crippen LogP contribution in [0.25, 0.3) is 27.3 Å². The topological polar surface area (TPSA) is 50.0 Å². The Labute approximate surface area is 211 Å². The molecule has 2 aliphatic rings. The smallest absolute Gasteiger partial charge is 0.0968 e. The molecule has 0 radical (unpaired) electrons. The number of pyridine rings is 2. The maximum Gasteiger partial charge on any atom is 0.0968 e. The number of fused-ring (bicyclic) bond motifs is 5. The zero-order chi connectivity index (χ0) is 24.3. The Hall–Kier alpha value is -2.18. The van der Waals surface area contributed by atoms with Gasteiger partial charge in [0.05, 0.1) is 35.4 Å². The first-order valence-corrected chi connectivity index (χ1v) is 13.3. The molecule has 4 aromatic rings.